The number of nitrogens with one attached hydrogen (secondary N) is 1. The van der Waals surface area contributed by atoms with E-state index >= 15 is 0 Å². The predicted molar refractivity (Wildman–Crippen MR) is 93.6 cm³/mol. The van der Waals surface area contributed by atoms with Gasteiger partial charge in [0.1, 0.15) is 17.4 Å². The minimum Gasteiger partial charge on any atom is -0.441 e. The molecule has 0 saturated carbocycles. The van der Waals surface area contributed by atoms with Crippen molar-refractivity contribution < 1.29 is 9.21 Å². The number of aryl methyl sites for hydroxylation is 1. The molecule has 1 aromatic carbocycles. The van der Waals surface area contributed by atoms with Gasteiger partial charge in [0.05, 0.1) is 0 Å². The minimum absolute atomic E-state index is 0.0119. The Morgan fingerprint density at radius 2 is 1.92 bits per heavy atom. The number of hydrogen-bond donors (Lipinski definition) is 1. The SMILES string of the molecule is Cc1ccc(NC(=O)/C(C#N)=C\c2ccc(N3CCCC3)o2)cc1. The van der Waals surface area contributed by atoms with Gasteiger partial charge >= 0.3 is 0 Å². The Balaban J connectivity index is 1.72. The van der Waals surface area contributed by atoms with E-state index in [9.17, 15) is 10.1 Å². The van der Waals surface area contributed by atoms with Crippen molar-refractivity contribution in [2.45, 2.75) is 19.8 Å². The van der Waals surface area contributed by atoms with Crippen LogP contribution in [0.4, 0.5) is 11.6 Å². The molecule has 0 bridgehead atoms. The summed E-state index contributed by atoms with van der Waals surface area (Å²) in [6.45, 7) is 3.94. The van der Waals surface area contributed by atoms with Crippen molar-refractivity contribution in [3.63, 3.8) is 0 Å². The normalized spacial score (nSPS) is 14.5. The first kappa shape index (κ1) is 15.9. The molecule has 0 spiro atoms. The predicted octanol–water partition coefficient (Wildman–Crippen LogP) is 3.73. The Morgan fingerprint density at radius 3 is 2.58 bits per heavy atom. The summed E-state index contributed by atoms with van der Waals surface area (Å²) in [5.41, 5.74) is 1.77. The summed E-state index contributed by atoms with van der Waals surface area (Å²) in [5, 5.41) is 12.0. The number of hydrogen-bond acceptors (Lipinski definition) is 4. The fraction of sp³-hybridized carbons (Fsp3) is 0.263. The molecule has 122 valence electrons. The summed E-state index contributed by atoms with van der Waals surface area (Å²) in [7, 11) is 0. The molecule has 3 rings (SSSR count). The van der Waals surface area contributed by atoms with Gasteiger partial charge in [0, 0.05) is 30.9 Å². The van der Waals surface area contributed by atoms with E-state index < -0.39 is 5.91 Å². The molecule has 0 radical (unpaired) electrons. The summed E-state index contributed by atoms with van der Waals surface area (Å²) in [4.78, 5) is 14.4. The molecule has 0 atom stereocenters. The van der Waals surface area contributed by atoms with Gasteiger partial charge in [0.25, 0.3) is 5.91 Å². The molecule has 1 N–H and O–H groups in total. The summed E-state index contributed by atoms with van der Waals surface area (Å²) < 4.78 is 5.73. The molecular weight excluding hydrogens is 302 g/mol. The lowest BCUT2D eigenvalue weighted by Crippen LogP contribution is -2.16. The van der Waals surface area contributed by atoms with Gasteiger partial charge in [-0.3, -0.25) is 4.79 Å². The van der Waals surface area contributed by atoms with Crippen LogP contribution in [-0.4, -0.2) is 19.0 Å². The average molecular weight is 321 g/mol. The van der Waals surface area contributed by atoms with Crippen molar-refractivity contribution >= 4 is 23.6 Å². The highest BCUT2D eigenvalue weighted by atomic mass is 16.4. The van der Waals surface area contributed by atoms with Gasteiger partial charge < -0.3 is 14.6 Å². The number of carbonyl (C=O) groups excluding carboxylic acids is 1. The molecule has 1 aliphatic heterocycles. The van der Waals surface area contributed by atoms with Crippen LogP contribution in [0.2, 0.25) is 0 Å². The highest BCUT2D eigenvalue weighted by molar-refractivity contribution is 6.09. The lowest BCUT2D eigenvalue weighted by molar-refractivity contribution is -0.112. The number of carbonyl (C=O) groups is 1. The second-order valence-corrected chi connectivity index (χ2v) is 5.86. The summed E-state index contributed by atoms with van der Waals surface area (Å²) >= 11 is 0. The Labute approximate surface area is 141 Å². The van der Waals surface area contributed by atoms with Crippen LogP contribution in [-0.2, 0) is 4.79 Å². The first-order chi connectivity index (χ1) is 11.7. The first-order valence-electron chi connectivity index (χ1n) is 8.00. The van der Waals surface area contributed by atoms with Gasteiger partial charge in [0.15, 0.2) is 5.88 Å². The van der Waals surface area contributed by atoms with Crippen molar-refractivity contribution in [2.75, 3.05) is 23.3 Å². The van der Waals surface area contributed by atoms with Crippen LogP contribution in [0.15, 0.2) is 46.4 Å². The van der Waals surface area contributed by atoms with E-state index in [1.54, 1.807) is 18.2 Å². The van der Waals surface area contributed by atoms with E-state index in [0.717, 1.165) is 37.4 Å². The van der Waals surface area contributed by atoms with E-state index in [2.05, 4.69) is 10.2 Å². The van der Waals surface area contributed by atoms with E-state index in [0.29, 0.717) is 11.4 Å². The number of benzene rings is 1. The van der Waals surface area contributed by atoms with Crippen molar-refractivity contribution in [3.8, 4) is 6.07 Å². The zero-order valence-electron chi connectivity index (χ0n) is 13.6. The van der Waals surface area contributed by atoms with Crippen molar-refractivity contribution in [1.82, 2.24) is 0 Å². The molecular formula is C19H19N3O2. The average Bonchev–Trinajstić information content (AvgIpc) is 3.25. The maximum atomic E-state index is 12.2. The van der Waals surface area contributed by atoms with Crippen molar-refractivity contribution in [2.24, 2.45) is 0 Å². The molecule has 1 fully saturated rings. The van der Waals surface area contributed by atoms with Crippen molar-refractivity contribution in [3.05, 3.63) is 53.3 Å². The number of amides is 1. The molecule has 2 heterocycles. The van der Waals surface area contributed by atoms with E-state index in [-0.39, 0.29) is 5.57 Å². The number of nitriles is 1. The highest BCUT2D eigenvalue weighted by Gasteiger charge is 2.16. The third kappa shape index (κ3) is 3.66. The Bertz CT molecular complexity index is 791. The third-order valence-corrected chi connectivity index (χ3v) is 3.99. The fourth-order valence-corrected chi connectivity index (χ4v) is 2.65. The summed E-state index contributed by atoms with van der Waals surface area (Å²) in [6.07, 6.45) is 3.80. The van der Waals surface area contributed by atoms with Crippen molar-refractivity contribution in [1.29, 1.82) is 5.26 Å². The largest absolute Gasteiger partial charge is 0.441 e. The van der Waals surface area contributed by atoms with Crippen LogP contribution in [0.3, 0.4) is 0 Å². The van der Waals surface area contributed by atoms with Gasteiger partial charge in [-0.05, 0) is 38.0 Å². The van der Waals surface area contributed by atoms with Crippen LogP contribution in [0.25, 0.3) is 6.08 Å². The van der Waals surface area contributed by atoms with E-state index in [1.165, 1.54) is 6.08 Å². The lowest BCUT2D eigenvalue weighted by atomic mass is 10.2. The van der Waals surface area contributed by atoms with Gasteiger partial charge in [-0.2, -0.15) is 5.26 Å². The maximum absolute atomic E-state index is 12.2. The third-order valence-electron chi connectivity index (χ3n) is 3.99. The van der Waals surface area contributed by atoms with Crippen LogP contribution in [0.1, 0.15) is 24.2 Å². The smallest absolute Gasteiger partial charge is 0.266 e. The molecule has 2 aromatic rings. The van der Waals surface area contributed by atoms with Gasteiger partial charge in [-0.25, -0.2) is 0 Å². The first-order valence-corrected chi connectivity index (χ1v) is 8.00. The van der Waals surface area contributed by atoms with Crippen LogP contribution in [0.5, 0.6) is 0 Å². The quantitative estimate of drug-likeness (QED) is 0.688. The number of furan rings is 1. The highest BCUT2D eigenvalue weighted by Crippen LogP contribution is 2.24. The number of rotatable bonds is 4. The van der Waals surface area contributed by atoms with E-state index in [1.807, 2.05) is 31.2 Å². The Morgan fingerprint density at radius 1 is 1.21 bits per heavy atom. The summed E-state index contributed by atoms with van der Waals surface area (Å²) in [5.74, 6) is 0.850. The van der Waals surface area contributed by atoms with Gasteiger partial charge in [-0.15, -0.1) is 0 Å². The topological polar surface area (TPSA) is 69.3 Å². The molecule has 1 aliphatic rings. The zero-order valence-corrected chi connectivity index (χ0v) is 13.6. The second-order valence-electron chi connectivity index (χ2n) is 5.86. The second kappa shape index (κ2) is 7.05. The Kier molecular flexibility index (Phi) is 4.66. The standard InChI is InChI=1S/C19H19N3O2/c1-14-4-6-16(7-5-14)21-19(23)15(13-20)12-17-8-9-18(24-17)22-10-2-3-11-22/h4-9,12H,2-3,10-11H2,1H3,(H,21,23)/b15-12-. The maximum Gasteiger partial charge on any atom is 0.266 e. The fourth-order valence-electron chi connectivity index (χ4n) is 2.65. The van der Waals surface area contributed by atoms with Crippen LogP contribution in [0, 0.1) is 18.3 Å². The number of nitrogens with zero attached hydrogens (tertiary/aromatic N) is 2. The van der Waals surface area contributed by atoms with Gasteiger partial charge in [0.2, 0.25) is 0 Å². The van der Waals surface area contributed by atoms with Crippen LogP contribution >= 0.6 is 0 Å². The summed E-state index contributed by atoms with van der Waals surface area (Å²) in [6, 6.07) is 13.0. The van der Waals surface area contributed by atoms with E-state index in [4.69, 9.17) is 4.42 Å². The monoisotopic (exact) mass is 321 g/mol. The number of anilines is 2. The molecule has 1 saturated heterocycles. The molecule has 1 aromatic heterocycles. The minimum atomic E-state index is -0.444. The molecule has 0 unspecified atom stereocenters. The molecule has 5 nitrogen and oxygen atoms in total. The molecule has 0 aliphatic carbocycles. The molecule has 5 heteroatoms. The van der Waals surface area contributed by atoms with Crippen LogP contribution < -0.4 is 10.2 Å². The Hall–Kier alpha value is -3.00. The molecule has 1 amide bonds. The van der Waals surface area contributed by atoms with Gasteiger partial charge in [-0.1, -0.05) is 17.7 Å². The lowest BCUT2D eigenvalue weighted by Gasteiger charge is -2.12. The molecule has 24 heavy (non-hydrogen) atoms. The zero-order chi connectivity index (χ0) is 16.9.